The highest BCUT2D eigenvalue weighted by molar-refractivity contribution is 6.32. The molecule has 0 radical (unpaired) electrons. The first kappa shape index (κ1) is 8.53. The lowest BCUT2D eigenvalue weighted by molar-refractivity contribution is 0.275. The summed E-state index contributed by atoms with van der Waals surface area (Å²) in [6, 6.07) is 5.20. The zero-order valence-corrected chi connectivity index (χ0v) is 6.67. The van der Waals surface area contributed by atoms with Crippen molar-refractivity contribution in [1.82, 2.24) is 0 Å². The molecule has 3 heteroatoms. The zero-order valence-electron chi connectivity index (χ0n) is 5.92. The number of hydrogen-bond acceptors (Lipinski definition) is 2. The average molecular weight is 173 g/mol. The van der Waals surface area contributed by atoms with Crippen LogP contribution in [-0.4, -0.2) is 10.2 Å². The van der Waals surface area contributed by atoms with Gasteiger partial charge in [-0.25, -0.2) is 0 Å². The van der Waals surface area contributed by atoms with Crippen LogP contribution in [0.1, 0.15) is 11.1 Å². The minimum atomic E-state index is -0.0906. The molecular formula is C8H9ClO2. The highest BCUT2D eigenvalue weighted by Gasteiger charge is 2.02. The van der Waals surface area contributed by atoms with E-state index in [1.54, 1.807) is 18.2 Å². The van der Waals surface area contributed by atoms with Gasteiger partial charge in [0.15, 0.2) is 0 Å². The number of hydrogen-bond donors (Lipinski definition) is 2. The van der Waals surface area contributed by atoms with Crippen molar-refractivity contribution in [1.29, 1.82) is 0 Å². The summed E-state index contributed by atoms with van der Waals surface area (Å²) in [6.07, 6.45) is 0. The normalized spacial score (nSPS) is 10.1. The van der Waals surface area contributed by atoms with E-state index >= 15 is 0 Å². The lowest BCUT2D eigenvalue weighted by atomic mass is 10.1. The van der Waals surface area contributed by atoms with Gasteiger partial charge in [0.25, 0.3) is 0 Å². The molecule has 1 rings (SSSR count). The lowest BCUT2D eigenvalue weighted by Crippen LogP contribution is -1.90. The van der Waals surface area contributed by atoms with Crippen molar-refractivity contribution >= 4 is 11.6 Å². The first-order valence-electron chi connectivity index (χ1n) is 3.27. The summed E-state index contributed by atoms with van der Waals surface area (Å²) in [5.74, 6) is 0. The van der Waals surface area contributed by atoms with E-state index in [4.69, 9.17) is 21.8 Å². The largest absolute Gasteiger partial charge is 0.392 e. The third-order valence-corrected chi connectivity index (χ3v) is 1.98. The molecule has 0 aliphatic rings. The fraction of sp³-hybridized carbons (Fsp3) is 0.250. The minimum absolute atomic E-state index is 0.0906. The molecule has 2 N–H and O–H groups in total. The van der Waals surface area contributed by atoms with E-state index < -0.39 is 0 Å². The van der Waals surface area contributed by atoms with E-state index in [0.717, 1.165) is 0 Å². The van der Waals surface area contributed by atoms with Gasteiger partial charge < -0.3 is 10.2 Å². The average Bonchev–Trinajstić information content (AvgIpc) is 2.05. The van der Waals surface area contributed by atoms with Crippen LogP contribution in [0.5, 0.6) is 0 Å². The second-order valence-corrected chi connectivity index (χ2v) is 2.58. The fourth-order valence-electron chi connectivity index (χ4n) is 0.877. The van der Waals surface area contributed by atoms with Gasteiger partial charge in [0.05, 0.1) is 18.2 Å². The van der Waals surface area contributed by atoms with Crippen LogP contribution >= 0.6 is 11.6 Å². The molecule has 0 aromatic heterocycles. The van der Waals surface area contributed by atoms with E-state index in [-0.39, 0.29) is 13.2 Å². The van der Waals surface area contributed by atoms with Crippen molar-refractivity contribution < 1.29 is 10.2 Å². The molecule has 0 fully saturated rings. The Hall–Kier alpha value is -0.570. The molecule has 0 amide bonds. The summed E-state index contributed by atoms with van der Waals surface area (Å²) in [7, 11) is 0. The number of aliphatic hydroxyl groups is 2. The van der Waals surface area contributed by atoms with Crippen molar-refractivity contribution in [3.05, 3.63) is 34.3 Å². The first-order chi connectivity index (χ1) is 5.29. The molecule has 0 saturated carbocycles. The van der Waals surface area contributed by atoms with Crippen molar-refractivity contribution in [2.45, 2.75) is 13.2 Å². The molecule has 1 aromatic rings. The molecular weight excluding hydrogens is 164 g/mol. The van der Waals surface area contributed by atoms with E-state index in [1.807, 2.05) is 0 Å². The topological polar surface area (TPSA) is 40.5 Å². The monoisotopic (exact) mass is 172 g/mol. The van der Waals surface area contributed by atoms with Gasteiger partial charge >= 0.3 is 0 Å². The number of aliphatic hydroxyl groups excluding tert-OH is 2. The van der Waals surface area contributed by atoms with E-state index in [1.165, 1.54) is 0 Å². The van der Waals surface area contributed by atoms with Crippen molar-refractivity contribution in [3.63, 3.8) is 0 Å². The third-order valence-electron chi connectivity index (χ3n) is 1.50. The second kappa shape index (κ2) is 3.72. The Kier molecular flexibility index (Phi) is 2.88. The first-order valence-corrected chi connectivity index (χ1v) is 3.65. The molecule has 0 atom stereocenters. The molecule has 0 heterocycles. The molecule has 60 valence electrons. The van der Waals surface area contributed by atoms with Crippen molar-refractivity contribution in [2.24, 2.45) is 0 Å². The maximum atomic E-state index is 8.77. The van der Waals surface area contributed by atoms with Crippen LogP contribution in [0.4, 0.5) is 0 Å². The number of halogens is 1. The molecule has 0 saturated heterocycles. The predicted octanol–water partition coefficient (Wildman–Crippen LogP) is 1.32. The summed E-state index contributed by atoms with van der Waals surface area (Å²) in [6.45, 7) is -0.181. The van der Waals surface area contributed by atoms with Gasteiger partial charge in [0.1, 0.15) is 0 Å². The van der Waals surface area contributed by atoms with Crippen LogP contribution in [0.2, 0.25) is 5.02 Å². The standard InChI is InChI=1S/C8H9ClO2/c9-8-6(4-10)2-1-3-7(8)5-11/h1-3,10-11H,4-5H2. The smallest absolute Gasteiger partial charge is 0.0696 e. The van der Waals surface area contributed by atoms with Crippen LogP contribution in [0, 0.1) is 0 Å². The SMILES string of the molecule is OCc1cccc(CO)c1Cl. The molecule has 2 nitrogen and oxygen atoms in total. The van der Waals surface area contributed by atoms with Crippen molar-refractivity contribution in [2.75, 3.05) is 0 Å². The number of rotatable bonds is 2. The predicted molar refractivity (Wildman–Crippen MR) is 43.3 cm³/mol. The van der Waals surface area contributed by atoms with E-state index in [0.29, 0.717) is 16.1 Å². The highest BCUT2D eigenvalue weighted by atomic mass is 35.5. The van der Waals surface area contributed by atoms with E-state index in [2.05, 4.69) is 0 Å². The van der Waals surface area contributed by atoms with Gasteiger partial charge in [-0.3, -0.25) is 0 Å². The van der Waals surface area contributed by atoms with Gasteiger partial charge in [-0.2, -0.15) is 0 Å². The maximum Gasteiger partial charge on any atom is 0.0696 e. The van der Waals surface area contributed by atoms with E-state index in [9.17, 15) is 0 Å². The zero-order chi connectivity index (χ0) is 8.27. The van der Waals surface area contributed by atoms with Gasteiger partial charge in [0, 0.05) is 0 Å². The summed E-state index contributed by atoms with van der Waals surface area (Å²) < 4.78 is 0. The van der Waals surface area contributed by atoms with Gasteiger partial charge in [0.2, 0.25) is 0 Å². The van der Waals surface area contributed by atoms with Crippen LogP contribution in [0.15, 0.2) is 18.2 Å². The summed E-state index contributed by atoms with van der Waals surface area (Å²) in [4.78, 5) is 0. The lowest BCUT2D eigenvalue weighted by Gasteiger charge is -2.03. The fourth-order valence-corrected chi connectivity index (χ4v) is 1.12. The Morgan fingerprint density at radius 1 is 1.09 bits per heavy atom. The molecule has 1 aromatic carbocycles. The van der Waals surface area contributed by atoms with Crippen LogP contribution in [-0.2, 0) is 13.2 Å². The summed E-state index contributed by atoms with van der Waals surface area (Å²) in [5.41, 5.74) is 1.30. The molecule has 0 unspecified atom stereocenters. The molecule has 0 aliphatic carbocycles. The molecule has 0 spiro atoms. The van der Waals surface area contributed by atoms with Gasteiger partial charge in [-0.1, -0.05) is 29.8 Å². The van der Waals surface area contributed by atoms with Crippen LogP contribution in [0.3, 0.4) is 0 Å². The second-order valence-electron chi connectivity index (χ2n) is 2.21. The Morgan fingerprint density at radius 3 is 1.91 bits per heavy atom. The third kappa shape index (κ3) is 1.71. The van der Waals surface area contributed by atoms with Crippen LogP contribution < -0.4 is 0 Å². The summed E-state index contributed by atoms with van der Waals surface area (Å²) in [5, 5.41) is 18.0. The Balaban J connectivity index is 3.10. The minimum Gasteiger partial charge on any atom is -0.392 e. The van der Waals surface area contributed by atoms with Crippen molar-refractivity contribution in [3.8, 4) is 0 Å². The molecule has 0 bridgehead atoms. The number of benzene rings is 1. The summed E-state index contributed by atoms with van der Waals surface area (Å²) >= 11 is 5.79. The van der Waals surface area contributed by atoms with Gasteiger partial charge in [-0.05, 0) is 11.1 Å². The quantitative estimate of drug-likeness (QED) is 0.707. The van der Waals surface area contributed by atoms with Crippen LogP contribution in [0.25, 0.3) is 0 Å². The Bertz CT molecular complexity index is 226. The maximum absolute atomic E-state index is 8.77. The molecule has 0 aliphatic heterocycles. The van der Waals surface area contributed by atoms with Gasteiger partial charge in [-0.15, -0.1) is 0 Å². The molecule has 11 heavy (non-hydrogen) atoms. The Labute approximate surface area is 70.1 Å². The highest BCUT2D eigenvalue weighted by Crippen LogP contribution is 2.20. The Morgan fingerprint density at radius 2 is 1.55 bits per heavy atom.